The van der Waals surface area contributed by atoms with Crippen LogP contribution in [-0.2, 0) is 5.41 Å². The van der Waals surface area contributed by atoms with E-state index >= 15 is 0 Å². The SMILES string of the molecule is C=CNc1cnc(N(C)C2CC(N3CCN(C)CC3)C2)nc1C(N)=Nc1cc(C(=O)Nc2ccnc(C(C)(C)C)c2)ccc1C. The molecule has 2 aromatic heterocycles. The van der Waals surface area contributed by atoms with Crippen LogP contribution in [0.15, 0.2) is 60.5 Å². The highest BCUT2D eigenvalue weighted by molar-refractivity contribution is 6.06. The highest BCUT2D eigenvalue weighted by Crippen LogP contribution is 2.32. The number of rotatable bonds is 9. The topological polar surface area (TPSA) is 128 Å². The number of aryl methyl sites for hydroxylation is 1. The third-order valence-electron chi connectivity index (χ3n) is 8.78. The minimum atomic E-state index is -0.244. The Balaban J connectivity index is 1.34. The summed E-state index contributed by atoms with van der Waals surface area (Å²) in [5, 5.41) is 6.07. The van der Waals surface area contributed by atoms with E-state index in [-0.39, 0.29) is 17.2 Å². The average molecular weight is 611 g/mol. The number of anilines is 3. The smallest absolute Gasteiger partial charge is 0.255 e. The van der Waals surface area contributed by atoms with Gasteiger partial charge in [0.15, 0.2) is 5.84 Å². The summed E-state index contributed by atoms with van der Waals surface area (Å²) in [6, 6.07) is 10.0. The lowest BCUT2D eigenvalue weighted by Gasteiger charge is -2.48. The first-order chi connectivity index (χ1) is 21.4. The van der Waals surface area contributed by atoms with Crippen molar-refractivity contribution in [1.29, 1.82) is 0 Å². The number of carbonyl (C=O) groups excluding carboxylic acids is 1. The van der Waals surface area contributed by atoms with Crippen LogP contribution >= 0.6 is 0 Å². The van der Waals surface area contributed by atoms with Crippen LogP contribution in [-0.4, -0.2) is 88.9 Å². The molecule has 0 unspecified atom stereocenters. The number of aromatic nitrogens is 3. The summed E-state index contributed by atoms with van der Waals surface area (Å²) in [7, 11) is 4.22. The molecule has 4 N–H and O–H groups in total. The van der Waals surface area contributed by atoms with Crippen LogP contribution in [0.1, 0.15) is 60.9 Å². The van der Waals surface area contributed by atoms with Crippen LogP contribution in [0.5, 0.6) is 0 Å². The van der Waals surface area contributed by atoms with Gasteiger partial charge in [-0.3, -0.25) is 14.7 Å². The van der Waals surface area contributed by atoms with Gasteiger partial charge < -0.3 is 26.2 Å². The number of amides is 1. The minimum absolute atomic E-state index is 0.135. The molecular weight excluding hydrogens is 564 g/mol. The molecule has 2 aliphatic rings. The number of amidine groups is 1. The predicted molar refractivity (Wildman–Crippen MR) is 183 cm³/mol. The summed E-state index contributed by atoms with van der Waals surface area (Å²) in [6.45, 7) is 16.5. The quantitative estimate of drug-likeness (QED) is 0.236. The molecule has 1 amide bonds. The van der Waals surface area contributed by atoms with E-state index in [2.05, 4.69) is 69.7 Å². The number of pyridine rings is 1. The Morgan fingerprint density at radius 2 is 1.87 bits per heavy atom. The van der Waals surface area contributed by atoms with Crippen LogP contribution in [0.4, 0.5) is 23.0 Å². The third-order valence-corrected chi connectivity index (χ3v) is 8.78. The molecule has 1 aliphatic carbocycles. The molecule has 1 saturated carbocycles. The Labute approximate surface area is 266 Å². The molecule has 11 heteroatoms. The molecule has 238 valence electrons. The van der Waals surface area contributed by atoms with E-state index in [9.17, 15) is 4.79 Å². The van der Waals surface area contributed by atoms with Crippen molar-refractivity contribution in [2.75, 3.05) is 55.8 Å². The van der Waals surface area contributed by atoms with E-state index in [1.54, 1.807) is 36.8 Å². The Bertz CT molecular complexity index is 1570. The Morgan fingerprint density at radius 1 is 1.13 bits per heavy atom. The number of hydrogen-bond acceptors (Lipinski definition) is 9. The van der Waals surface area contributed by atoms with E-state index < -0.39 is 0 Å². The lowest BCUT2D eigenvalue weighted by atomic mass is 9.84. The summed E-state index contributed by atoms with van der Waals surface area (Å²) in [5.41, 5.74) is 11.1. The summed E-state index contributed by atoms with van der Waals surface area (Å²) < 4.78 is 0. The number of aliphatic imine (C=N–C) groups is 1. The highest BCUT2D eigenvalue weighted by Gasteiger charge is 2.37. The van der Waals surface area contributed by atoms with Crippen molar-refractivity contribution in [3.63, 3.8) is 0 Å². The van der Waals surface area contributed by atoms with Crippen LogP contribution in [0.2, 0.25) is 0 Å². The van der Waals surface area contributed by atoms with Gasteiger partial charge in [0.2, 0.25) is 5.95 Å². The molecule has 0 radical (unpaired) electrons. The molecule has 1 saturated heterocycles. The molecule has 1 aromatic carbocycles. The predicted octanol–water partition coefficient (Wildman–Crippen LogP) is 4.54. The zero-order valence-electron chi connectivity index (χ0n) is 27.3. The highest BCUT2D eigenvalue weighted by atomic mass is 16.1. The number of carbonyl (C=O) groups is 1. The first-order valence-electron chi connectivity index (χ1n) is 15.6. The summed E-state index contributed by atoms with van der Waals surface area (Å²) in [4.78, 5) is 39.0. The molecule has 0 spiro atoms. The van der Waals surface area contributed by atoms with Crippen LogP contribution < -0.4 is 21.3 Å². The van der Waals surface area contributed by atoms with Crippen molar-refractivity contribution in [2.24, 2.45) is 10.7 Å². The lowest BCUT2D eigenvalue weighted by molar-refractivity contribution is 0.0605. The van der Waals surface area contributed by atoms with Crippen molar-refractivity contribution in [2.45, 2.75) is 58.0 Å². The average Bonchev–Trinajstić information content (AvgIpc) is 2.98. The second-order valence-electron chi connectivity index (χ2n) is 13.1. The number of nitrogens with zero attached hydrogens (tertiary/aromatic N) is 7. The zero-order valence-corrected chi connectivity index (χ0v) is 27.3. The van der Waals surface area contributed by atoms with Crippen molar-refractivity contribution in [1.82, 2.24) is 24.8 Å². The number of nitrogens with one attached hydrogen (secondary N) is 2. The first kappa shape index (κ1) is 32.1. The largest absolute Gasteiger partial charge is 0.382 e. The standard InChI is InChI=1S/C34H46N10O/c1-8-36-28-21-38-33(43(7)25-19-26(20-25)44-15-13-42(6)14-16-44)41-30(28)31(35)40-27-17-23(10-9-22(27)2)32(45)39-24-11-12-37-29(18-24)34(3,4)5/h8-12,17-18,21,25-26,36H,1,13-16,19-20H2,2-7H3,(H2,35,40)(H,37,39,45). The van der Waals surface area contributed by atoms with E-state index in [0.717, 1.165) is 50.3 Å². The summed E-state index contributed by atoms with van der Waals surface area (Å²) in [5.74, 6) is 0.563. The molecule has 45 heavy (non-hydrogen) atoms. The molecule has 0 bridgehead atoms. The van der Waals surface area contributed by atoms with Gasteiger partial charge in [-0.1, -0.05) is 33.4 Å². The Morgan fingerprint density at radius 3 is 2.56 bits per heavy atom. The van der Waals surface area contributed by atoms with E-state index in [1.807, 2.05) is 26.1 Å². The fraction of sp³-hybridized carbons (Fsp3) is 0.441. The van der Waals surface area contributed by atoms with Crippen LogP contribution in [0.3, 0.4) is 0 Å². The summed E-state index contributed by atoms with van der Waals surface area (Å²) in [6.07, 6.45) is 7.15. The van der Waals surface area contributed by atoms with Gasteiger partial charge in [0.25, 0.3) is 5.91 Å². The fourth-order valence-electron chi connectivity index (χ4n) is 5.65. The Kier molecular flexibility index (Phi) is 9.50. The van der Waals surface area contributed by atoms with Crippen molar-refractivity contribution in [3.8, 4) is 0 Å². The van der Waals surface area contributed by atoms with Gasteiger partial charge in [-0.05, 0) is 62.8 Å². The number of piperazine rings is 1. The van der Waals surface area contributed by atoms with Gasteiger partial charge in [0.1, 0.15) is 5.69 Å². The second kappa shape index (κ2) is 13.3. The van der Waals surface area contributed by atoms with Gasteiger partial charge in [-0.15, -0.1) is 0 Å². The zero-order chi connectivity index (χ0) is 32.3. The molecule has 3 aromatic rings. The van der Waals surface area contributed by atoms with Crippen molar-refractivity contribution < 1.29 is 4.79 Å². The van der Waals surface area contributed by atoms with E-state index in [1.165, 1.54) is 0 Å². The number of likely N-dealkylation sites (N-methyl/N-ethyl adjacent to an activating group) is 1. The maximum atomic E-state index is 13.2. The van der Waals surface area contributed by atoms with Gasteiger partial charge in [0, 0.05) is 73.9 Å². The van der Waals surface area contributed by atoms with E-state index in [0.29, 0.717) is 46.4 Å². The third kappa shape index (κ3) is 7.49. The number of benzene rings is 1. The van der Waals surface area contributed by atoms with Gasteiger partial charge >= 0.3 is 0 Å². The minimum Gasteiger partial charge on any atom is -0.382 e. The number of nitrogens with two attached hydrogens (primary N) is 1. The van der Waals surface area contributed by atoms with E-state index in [4.69, 9.17) is 15.7 Å². The van der Waals surface area contributed by atoms with Gasteiger partial charge in [-0.2, -0.15) is 0 Å². The molecule has 0 atom stereocenters. The maximum Gasteiger partial charge on any atom is 0.255 e. The van der Waals surface area contributed by atoms with Gasteiger partial charge in [-0.25, -0.2) is 15.0 Å². The molecule has 2 fully saturated rings. The molecule has 5 rings (SSSR count). The molecule has 1 aliphatic heterocycles. The normalized spacial score (nSPS) is 19.5. The van der Waals surface area contributed by atoms with Crippen LogP contribution in [0, 0.1) is 6.92 Å². The van der Waals surface area contributed by atoms with Crippen molar-refractivity contribution >= 4 is 34.8 Å². The maximum absolute atomic E-state index is 13.2. The van der Waals surface area contributed by atoms with Gasteiger partial charge in [0.05, 0.1) is 17.6 Å². The van der Waals surface area contributed by atoms with Crippen LogP contribution in [0.25, 0.3) is 0 Å². The molecule has 11 nitrogen and oxygen atoms in total. The monoisotopic (exact) mass is 610 g/mol. The molecule has 3 heterocycles. The Hall–Kier alpha value is -4.35. The fourth-order valence-corrected chi connectivity index (χ4v) is 5.65. The molecular formula is C34H46N10O. The number of hydrogen-bond donors (Lipinski definition) is 3. The summed E-state index contributed by atoms with van der Waals surface area (Å²) >= 11 is 0. The lowest BCUT2D eigenvalue weighted by Crippen LogP contribution is -2.57. The van der Waals surface area contributed by atoms with Crippen molar-refractivity contribution in [3.05, 3.63) is 78.0 Å². The first-order valence-corrected chi connectivity index (χ1v) is 15.6. The second-order valence-corrected chi connectivity index (χ2v) is 13.1.